The van der Waals surface area contributed by atoms with E-state index in [1.54, 1.807) is 12.3 Å². The Balaban J connectivity index is 1.39. The van der Waals surface area contributed by atoms with Gasteiger partial charge < -0.3 is 10.1 Å². The van der Waals surface area contributed by atoms with Crippen molar-refractivity contribution >= 4 is 5.91 Å². The number of nitrogens with zero attached hydrogens (tertiary/aromatic N) is 2. The minimum Gasteiger partial charge on any atom is -0.377 e. The number of aromatic nitrogens is 2. The second-order valence-electron chi connectivity index (χ2n) is 6.49. The maximum absolute atomic E-state index is 12.1. The Hall–Kier alpha value is -2.27. The molecule has 1 aliphatic carbocycles. The zero-order valence-corrected chi connectivity index (χ0v) is 14.0. The molecule has 0 radical (unpaired) electrons. The fourth-order valence-corrected chi connectivity index (χ4v) is 2.65. The number of carbonyl (C=O) groups excluding carboxylic acids is 1. The minimum atomic E-state index is -0.199. The number of hydrogen-bond donors (Lipinski definition) is 1. The van der Waals surface area contributed by atoms with Gasteiger partial charge in [0.1, 0.15) is 0 Å². The zero-order chi connectivity index (χ0) is 16.8. The molecule has 0 saturated heterocycles. The topological polar surface area (TPSA) is 64.1 Å². The number of carbonyl (C=O) groups is 1. The highest BCUT2D eigenvalue weighted by Crippen LogP contribution is 2.48. The molecule has 1 heterocycles. The minimum absolute atomic E-state index is 0.191. The molecule has 0 atom stereocenters. The van der Waals surface area contributed by atoms with Gasteiger partial charge in [0.05, 0.1) is 6.61 Å². The van der Waals surface area contributed by atoms with Gasteiger partial charge in [-0.05, 0) is 43.2 Å². The van der Waals surface area contributed by atoms with Gasteiger partial charge in [0.2, 0.25) is 5.82 Å². The van der Waals surface area contributed by atoms with Gasteiger partial charge in [0.15, 0.2) is 0 Å². The summed E-state index contributed by atoms with van der Waals surface area (Å²) in [6.45, 7) is 3.87. The van der Waals surface area contributed by atoms with Crippen LogP contribution in [0.3, 0.4) is 0 Å². The molecule has 126 valence electrons. The third-order valence-corrected chi connectivity index (χ3v) is 4.47. The van der Waals surface area contributed by atoms with Crippen LogP contribution in [0.4, 0.5) is 0 Å². The number of nitrogens with one attached hydrogen (secondary N) is 1. The number of rotatable bonds is 8. The molecule has 5 heteroatoms. The predicted octanol–water partition coefficient (Wildman–Crippen LogP) is 2.90. The zero-order valence-electron chi connectivity index (χ0n) is 14.0. The Morgan fingerprint density at radius 3 is 2.75 bits per heavy atom. The molecule has 1 saturated carbocycles. The van der Waals surface area contributed by atoms with Crippen molar-refractivity contribution in [1.29, 1.82) is 0 Å². The lowest BCUT2D eigenvalue weighted by Crippen LogP contribution is -2.32. The molecule has 3 rings (SSSR count). The second-order valence-corrected chi connectivity index (χ2v) is 6.49. The van der Waals surface area contributed by atoms with Gasteiger partial charge in [-0.15, -0.1) is 0 Å². The summed E-state index contributed by atoms with van der Waals surface area (Å²) in [5.74, 6) is 0.0429. The first-order chi connectivity index (χ1) is 11.7. The summed E-state index contributed by atoms with van der Waals surface area (Å²) in [5, 5.41) is 2.97. The van der Waals surface area contributed by atoms with Gasteiger partial charge in [0, 0.05) is 25.0 Å². The number of aryl methyl sites for hydroxylation is 1. The van der Waals surface area contributed by atoms with E-state index in [1.165, 1.54) is 5.56 Å². The molecule has 1 aliphatic rings. The molecule has 0 aliphatic heterocycles. The third-order valence-electron chi connectivity index (χ3n) is 4.47. The molecule has 5 nitrogen and oxygen atoms in total. The first-order valence-corrected chi connectivity index (χ1v) is 8.36. The van der Waals surface area contributed by atoms with Crippen LogP contribution in [0.2, 0.25) is 0 Å². The molecule has 1 amide bonds. The van der Waals surface area contributed by atoms with Crippen LogP contribution in [0.15, 0.2) is 42.6 Å². The summed E-state index contributed by atoms with van der Waals surface area (Å²) in [4.78, 5) is 20.3. The van der Waals surface area contributed by atoms with Gasteiger partial charge in [-0.25, -0.2) is 9.97 Å². The summed E-state index contributed by atoms with van der Waals surface area (Å²) < 4.78 is 5.77. The normalized spacial score (nSPS) is 15.0. The number of ether oxygens (including phenoxy) is 1. The lowest BCUT2D eigenvalue weighted by molar-refractivity contribution is 0.0899. The largest absolute Gasteiger partial charge is 0.377 e. The van der Waals surface area contributed by atoms with Crippen molar-refractivity contribution in [3.05, 3.63) is 59.7 Å². The van der Waals surface area contributed by atoms with E-state index in [1.807, 2.05) is 25.1 Å². The van der Waals surface area contributed by atoms with Gasteiger partial charge in [0.25, 0.3) is 5.91 Å². The lowest BCUT2D eigenvalue weighted by Gasteiger charge is -2.16. The Bertz CT molecular complexity index is 684. The SMILES string of the molecule is Cc1ccnc(C(=O)NCC2(CCOCc3ccccc3)CC2)n1. The Morgan fingerprint density at radius 1 is 1.25 bits per heavy atom. The highest BCUT2D eigenvalue weighted by Gasteiger charge is 2.42. The van der Waals surface area contributed by atoms with E-state index in [9.17, 15) is 4.79 Å². The van der Waals surface area contributed by atoms with E-state index in [0.717, 1.165) is 25.0 Å². The summed E-state index contributed by atoms with van der Waals surface area (Å²) >= 11 is 0. The van der Waals surface area contributed by atoms with Crippen molar-refractivity contribution in [3.8, 4) is 0 Å². The fraction of sp³-hybridized carbons (Fsp3) is 0.421. The standard InChI is InChI=1S/C19H23N3O2/c1-15-7-11-20-17(22-15)18(23)21-14-19(8-9-19)10-12-24-13-16-5-3-2-4-6-16/h2-7,11H,8-10,12-14H2,1H3,(H,21,23). The van der Waals surface area contributed by atoms with Crippen LogP contribution in [0.1, 0.15) is 41.1 Å². The molecule has 0 unspecified atom stereocenters. The first-order valence-electron chi connectivity index (χ1n) is 8.36. The molecule has 1 N–H and O–H groups in total. The van der Waals surface area contributed by atoms with Gasteiger partial charge in [-0.3, -0.25) is 4.79 Å². The Kier molecular flexibility index (Phi) is 5.20. The van der Waals surface area contributed by atoms with Gasteiger partial charge in [-0.1, -0.05) is 30.3 Å². The van der Waals surface area contributed by atoms with E-state index in [-0.39, 0.29) is 17.1 Å². The van der Waals surface area contributed by atoms with Crippen molar-refractivity contribution in [1.82, 2.24) is 15.3 Å². The summed E-state index contributed by atoms with van der Waals surface area (Å²) in [5.41, 5.74) is 2.17. The summed E-state index contributed by atoms with van der Waals surface area (Å²) in [7, 11) is 0. The first kappa shape index (κ1) is 16.6. The smallest absolute Gasteiger partial charge is 0.289 e. The lowest BCUT2D eigenvalue weighted by atomic mass is 10.0. The van der Waals surface area contributed by atoms with Crippen molar-refractivity contribution < 1.29 is 9.53 Å². The molecule has 1 aromatic carbocycles. The third kappa shape index (κ3) is 4.61. The number of hydrogen-bond acceptors (Lipinski definition) is 4. The molecule has 2 aromatic rings. The highest BCUT2D eigenvalue weighted by atomic mass is 16.5. The molecular formula is C19H23N3O2. The second kappa shape index (κ2) is 7.53. The molecule has 24 heavy (non-hydrogen) atoms. The molecule has 1 aromatic heterocycles. The molecular weight excluding hydrogens is 302 g/mol. The molecule has 0 bridgehead atoms. The van der Waals surface area contributed by atoms with E-state index in [2.05, 4.69) is 27.4 Å². The number of benzene rings is 1. The van der Waals surface area contributed by atoms with Crippen LogP contribution in [0.5, 0.6) is 0 Å². The Morgan fingerprint density at radius 2 is 2.04 bits per heavy atom. The van der Waals surface area contributed by atoms with Crippen LogP contribution in [-0.4, -0.2) is 29.0 Å². The Labute approximate surface area is 142 Å². The van der Waals surface area contributed by atoms with Gasteiger partial charge >= 0.3 is 0 Å². The van der Waals surface area contributed by atoms with Crippen molar-refractivity contribution in [3.63, 3.8) is 0 Å². The van der Waals surface area contributed by atoms with E-state index in [4.69, 9.17) is 4.74 Å². The van der Waals surface area contributed by atoms with E-state index >= 15 is 0 Å². The van der Waals surface area contributed by atoms with Crippen molar-refractivity contribution in [2.75, 3.05) is 13.2 Å². The average molecular weight is 325 g/mol. The predicted molar refractivity (Wildman–Crippen MR) is 91.5 cm³/mol. The van der Waals surface area contributed by atoms with Crippen LogP contribution < -0.4 is 5.32 Å². The van der Waals surface area contributed by atoms with E-state index in [0.29, 0.717) is 19.8 Å². The van der Waals surface area contributed by atoms with Crippen LogP contribution in [0, 0.1) is 12.3 Å². The molecule has 0 spiro atoms. The van der Waals surface area contributed by atoms with Crippen LogP contribution >= 0.6 is 0 Å². The number of amides is 1. The maximum atomic E-state index is 12.1. The van der Waals surface area contributed by atoms with Gasteiger partial charge in [-0.2, -0.15) is 0 Å². The molecule has 1 fully saturated rings. The van der Waals surface area contributed by atoms with Crippen LogP contribution in [-0.2, 0) is 11.3 Å². The quantitative estimate of drug-likeness (QED) is 0.758. The summed E-state index contributed by atoms with van der Waals surface area (Å²) in [6.07, 6.45) is 4.85. The van der Waals surface area contributed by atoms with E-state index < -0.39 is 0 Å². The highest BCUT2D eigenvalue weighted by molar-refractivity contribution is 5.90. The van der Waals surface area contributed by atoms with Crippen molar-refractivity contribution in [2.24, 2.45) is 5.41 Å². The average Bonchev–Trinajstić information content (AvgIpc) is 3.38. The monoisotopic (exact) mass is 325 g/mol. The van der Waals surface area contributed by atoms with Crippen LogP contribution in [0.25, 0.3) is 0 Å². The van der Waals surface area contributed by atoms with Crippen molar-refractivity contribution in [2.45, 2.75) is 32.8 Å². The fourth-order valence-electron chi connectivity index (χ4n) is 2.65. The maximum Gasteiger partial charge on any atom is 0.289 e. The summed E-state index contributed by atoms with van der Waals surface area (Å²) in [6, 6.07) is 11.9.